The van der Waals surface area contributed by atoms with Gasteiger partial charge in [-0.3, -0.25) is 4.90 Å². The summed E-state index contributed by atoms with van der Waals surface area (Å²) in [4.78, 5) is 2.62. The lowest BCUT2D eigenvalue weighted by Gasteiger charge is -2.23. The Balaban J connectivity index is 3.94. The first-order chi connectivity index (χ1) is 12.6. The molecular weight excluding hydrogens is 318 g/mol. The maximum absolute atomic E-state index is 5.75. The maximum atomic E-state index is 5.75. The first-order valence-corrected chi connectivity index (χ1v) is 11.3. The quantitative estimate of drug-likeness (QED) is 0.133. The van der Waals surface area contributed by atoms with E-state index in [1.54, 1.807) is 0 Å². The Morgan fingerprint density at radius 2 is 1.42 bits per heavy atom. The van der Waals surface area contributed by atoms with Gasteiger partial charge in [0.05, 0.1) is 12.4 Å². The van der Waals surface area contributed by atoms with E-state index < -0.39 is 0 Å². The first-order valence-electron chi connectivity index (χ1n) is 11.3. The predicted molar refractivity (Wildman–Crippen MR) is 118 cm³/mol. The van der Waals surface area contributed by atoms with Gasteiger partial charge in [0.2, 0.25) is 0 Å². The maximum Gasteiger partial charge on any atom is 0.0888 e. The average Bonchev–Trinajstić information content (AvgIpc) is 2.64. The Morgan fingerprint density at radius 3 is 2.08 bits per heavy atom. The summed E-state index contributed by atoms with van der Waals surface area (Å²) in [5, 5.41) is 0. The van der Waals surface area contributed by atoms with Gasteiger partial charge in [0.15, 0.2) is 0 Å². The van der Waals surface area contributed by atoms with Gasteiger partial charge >= 0.3 is 0 Å². The molecule has 0 aliphatic rings. The Morgan fingerprint density at radius 1 is 0.846 bits per heavy atom. The summed E-state index contributed by atoms with van der Waals surface area (Å²) in [6.07, 6.45) is 17.7. The van der Waals surface area contributed by atoms with Crippen molar-refractivity contribution >= 4 is 0 Å². The molecule has 0 aromatic heterocycles. The van der Waals surface area contributed by atoms with E-state index in [4.69, 9.17) is 4.74 Å². The molecule has 2 nitrogen and oxygen atoms in total. The normalized spacial score (nSPS) is 12.0. The van der Waals surface area contributed by atoms with Crippen LogP contribution in [0.2, 0.25) is 0 Å². The van der Waals surface area contributed by atoms with E-state index in [0.717, 1.165) is 44.7 Å². The van der Waals surface area contributed by atoms with Gasteiger partial charge < -0.3 is 4.74 Å². The summed E-state index contributed by atoms with van der Waals surface area (Å²) in [6.45, 7) is 17.3. The second-order valence-electron chi connectivity index (χ2n) is 7.73. The first kappa shape index (κ1) is 25.2. The van der Waals surface area contributed by atoms with E-state index in [0.29, 0.717) is 0 Å². The van der Waals surface area contributed by atoms with Crippen LogP contribution in [0.3, 0.4) is 0 Å². The summed E-state index contributed by atoms with van der Waals surface area (Å²) < 4.78 is 5.75. The Bertz CT molecular complexity index is 348. The van der Waals surface area contributed by atoms with Gasteiger partial charge in [0.25, 0.3) is 0 Å². The van der Waals surface area contributed by atoms with Gasteiger partial charge in [-0.05, 0) is 46.2 Å². The number of hydrogen-bond acceptors (Lipinski definition) is 2. The molecule has 0 bridgehead atoms. The highest BCUT2D eigenvalue weighted by Crippen LogP contribution is 2.11. The molecule has 0 heterocycles. The van der Waals surface area contributed by atoms with Crippen molar-refractivity contribution in [1.82, 2.24) is 4.90 Å². The molecule has 0 atom stereocenters. The molecular formula is C24H47NO. The van der Waals surface area contributed by atoms with Crippen LogP contribution >= 0.6 is 0 Å². The van der Waals surface area contributed by atoms with Gasteiger partial charge in [-0.15, -0.1) is 0 Å². The molecule has 154 valence electrons. The summed E-state index contributed by atoms with van der Waals surface area (Å²) >= 11 is 0. The number of nitrogens with zero attached hydrogens (tertiary/aromatic N) is 1. The smallest absolute Gasteiger partial charge is 0.0888 e. The minimum absolute atomic E-state index is 0.839. The van der Waals surface area contributed by atoms with Gasteiger partial charge in [-0.2, -0.15) is 0 Å². The highest BCUT2D eigenvalue weighted by atomic mass is 16.5. The lowest BCUT2D eigenvalue weighted by molar-refractivity contribution is 0.191. The second kappa shape index (κ2) is 19.0. The van der Waals surface area contributed by atoms with E-state index in [1.165, 1.54) is 69.9 Å². The van der Waals surface area contributed by atoms with Gasteiger partial charge in [-0.1, -0.05) is 83.4 Å². The monoisotopic (exact) mass is 365 g/mol. The fourth-order valence-corrected chi connectivity index (χ4v) is 3.15. The van der Waals surface area contributed by atoms with Crippen molar-refractivity contribution in [3.8, 4) is 0 Å². The molecule has 0 rings (SSSR count). The number of unbranched alkanes of at least 4 members (excludes halogenated alkanes) is 8. The highest BCUT2D eigenvalue weighted by Gasteiger charge is 2.06. The molecule has 0 amide bonds. The zero-order chi connectivity index (χ0) is 19.5. The van der Waals surface area contributed by atoms with E-state index in [2.05, 4.69) is 45.2 Å². The zero-order valence-electron chi connectivity index (χ0n) is 18.5. The van der Waals surface area contributed by atoms with E-state index in [-0.39, 0.29) is 0 Å². The standard InChI is InChI=1S/C24H47NO/c1-6-9-11-12-13-14-15-19-25(22-23(4)8-3)20-17-18-24(5)26-21-16-10-7-2/h8H,5-7,9-22H2,1-4H3/b23-8+. The van der Waals surface area contributed by atoms with E-state index in [9.17, 15) is 0 Å². The van der Waals surface area contributed by atoms with Gasteiger partial charge in [0, 0.05) is 13.0 Å². The fourth-order valence-electron chi connectivity index (χ4n) is 3.15. The SMILES string of the molecule is C=C(CCCN(CCCCCCCCC)C/C(C)=C/C)OCCCCC. The lowest BCUT2D eigenvalue weighted by atomic mass is 10.1. The van der Waals surface area contributed by atoms with Crippen molar-refractivity contribution in [3.05, 3.63) is 24.0 Å². The largest absolute Gasteiger partial charge is 0.499 e. The molecule has 0 N–H and O–H groups in total. The van der Waals surface area contributed by atoms with Crippen molar-refractivity contribution in [2.75, 3.05) is 26.2 Å². The van der Waals surface area contributed by atoms with Gasteiger partial charge in [-0.25, -0.2) is 0 Å². The van der Waals surface area contributed by atoms with Crippen LogP contribution in [-0.4, -0.2) is 31.1 Å². The van der Waals surface area contributed by atoms with Crippen LogP contribution in [0.25, 0.3) is 0 Å². The summed E-state index contributed by atoms with van der Waals surface area (Å²) in [6, 6.07) is 0. The lowest BCUT2D eigenvalue weighted by Crippen LogP contribution is -2.28. The van der Waals surface area contributed by atoms with Crippen LogP contribution in [0, 0.1) is 0 Å². The molecule has 26 heavy (non-hydrogen) atoms. The highest BCUT2D eigenvalue weighted by molar-refractivity contribution is 4.98. The van der Waals surface area contributed by atoms with E-state index >= 15 is 0 Å². The molecule has 0 aromatic rings. The van der Waals surface area contributed by atoms with Crippen LogP contribution in [0.15, 0.2) is 24.0 Å². The molecule has 0 fully saturated rings. The molecule has 0 radical (unpaired) electrons. The molecule has 0 unspecified atom stereocenters. The number of hydrogen-bond donors (Lipinski definition) is 0. The third-order valence-electron chi connectivity index (χ3n) is 5.03. The minimum Gasteiger partial charge on any atom is -0.499 e. The second-order valence-corrected chi connectivity index (χ2v) is 7.73. The summed E-state index contributed by atoms with van der Waals surface area (Å²) in [7, 11) is 0. The van der Waals surface area contributed by atoms with Crippen LogP contribution in [0.1, 0.15) is 105 Å². The van der Waals surface area contributed by atoms with Crippen molar-refractivity contribution in [2.45, 2.75) is 105 Å². The third kappa shape index (κ3) is 16.7. The van der Waals surface area contributed by atoms with Gasteiger partial charge in [0.1, 0.15) is 0 Å². The third-order valence-corrected chi connectivity index (χ3v) is 5.03. The summed E-state index contributed by atoms with van der Waals surface area (Å²) in [5.41, 5.74) is 1.47. The Hall–Kier alpha value is -0.760. The molecule has 0 spiro atoms. The van der Waals surface area contributed by atoms with Crippen molar-refractivity contribution in [3.63, 3.8) is 0 Å². The number of ether oxygens (including phenoxy) is 1. The average molecular weight is 366 g/mol. The Labute approximate surface area is 165 Å². The van der Waals surface area contributed by atoms with Crippen LogP contribution < -0.4 is 0 Å². The fraction of sp³-hybridized carbons (Fsp3) is 0.833. The van der Waals surface area contributed by atoms with Crippen molar-refractivity contribution in [2.24, 2.45) is 0 Å². The topological polar surface area (TPSA) is 12.5 Å². The minimum atomic E-state index is 0.839. The number of allylic oxidation sites excluding steroid dienone is 2. The molecule has 0 aromatic carbocycles. The van der Waals surface area contributed by atoms with Crippen molar-refractivity contribution < 1.29 is 4.74 Å². The molecule has 0 aliphatic carbocycles. The molecule has 0 saturated carbocycles. The molecule has 0 aliphatic heterocycles. The van der Waals surface area contributed by atoms with Crippen molar-refractivity contribution in [1.29, 1.82) is 0 Å². The molecule has 2 heteroatoms. The molecule has 0 saturated heterocycles. The van der Waals surface area contributed by atoms with Crippen LogP contribution in [-0.2, 0) is 4.74 Å². The summed E-state index contributed by atoms with van der Waals surface area (Å²) in [5.74, 6) is 0.972. The number of rotatable bonds is 19. The zero-order valence-corrected chi connectivity index (χ0v) is 18.5. The van der Waals surface area contributed by atoms with Crippen LogP contribution in [0.4, 0.5) is 0 Å². The predicted octanol–water partition coefficient (Wildman–Crippen LogP) is 7.51. The van der Waals surface area contributed by atoms with E-state index in [1.807, 2.05) is 0 Å². The Kier molecular flexibility index (Phi) is 18.5. The van der Waals surface area contributed by atoms with Crippen LogP contribution in [0.5, 0.6) is 0 Å².